The lowest BCUT2D eigenvalue weighted by molar-refractivity contribution is 0.589. The summed E-state index contributed by atoms with van der Waals surface area (Å²) in [5, 5.41) is 4.01. The fourth-order valence-electron chi connectivity index (χ4n) is 1.39. The lowest BCUT2D eigenvalue weighted by atomic mass is 9.87. The van der Waals surface area contributed by atoms with Gasteiger partial charge in [0.1, 0.15) is 5.82 Å². The maximum Gasteiger partial charge on any atom is 0.126 e. The second-order valence-corrected chi connectivity index (χ2v) is 5.51. The Morgan fingerprint density at radius 1 is 1.33 bits per heavy atom. The summed E-state index contributed by atoms with van der Waals surface area (Å²) in [6, 6.07) is 2.41. The predicted molar refractivity (Wildman–Crippen MR) is 66.7 cm³/mol. The van der Waals surface area contributed by atoms with Gasteiger partial charge < -0.3 is 5.32 Å². The molecule has 0 saturated carbocycles. The van der Waals surface area contributed by atoms with Crippen molar-refractivity contribution in [1.29, 1.82) is 0 Å². The molecule has 0 atom stereocenters. The van der Waals surface area contributed by atoms with Gasteiger partial charge in [0.15, 0.2) is 0 Å². The van der Waals surface area contributed by atoms with Crippen molar-refractivity contribution in [3.63, 3.8) is 0 Å². The zero-order valence-electron chi connectivity index (χ0n) is 10.1. The third-order valence-corrected chi connectivity index (χ3v) is 2.40. The van der Waals surface area contributed by atoms with E-state index in [4.69, 9.17) is 11.6 Å². The van der Waals surface area contributed by atoms with Crippen LogP contribution in [0.4, 0.5) is 5.82 Å². The lowest BCUT2D eigenvalue weighted by Crippen LogP contribution is -2.15. The normalized spacial score (nSPS) is 11.9. The van der Waals surface area contributed by atoms with Crippen LogP contribution in [0.25, 0.3) is 0 Å². The van der Waals surface area contributed by atoms with Crippen LogP contribution >= 0.6 is 11.6 Å². The molecule has 1 N–H and O–H groups in total. The van der Waals surface area contributed by atoms with Gasteiger partial charge in [0, 0.05) is 12.2 Å². The number of pyridine rings is 1. The second-order valence-electron chi connectivity index (χ2n) is 5.10. The van der Waals surface area contributed by atoms with Gasteiger partial charge in [0.2, 0.25) is 0 Å². The van der Waals surface area contributed by atoms with Gasteiger partial charge in [0.05, 0.1) is 5.02 Å². The first-order valence-corrected chi connectivity index (χ1v) is 5.61. The van der Waals surface area contributed by atoms with E-state index in [1.165, 1.54) is 0 Å². The summed E-state index contributed by atoms with van der Waals surface area (Å²) >= 11 is 6.13. The Hall–Kier alpha value is -0.760. The summed E-state index contributed by atoms with van der Waals surface area (Å²) in [6.07, 6.45) is 1.72. The summed E-state index contributed by atoms with van der Waals surface area (Å²) in [6.45, 7) is 10.6. The standard InChI is InChI=1S/C12H19ClN2/c1-8(2)15-11-6-9(12(3,4)5)10(13)7-14-11/h6-8H,1-5H3,(H,14,15). The van der Waals surface area contributed by atoms with Crippen molar-refractivity contribution in [2.75, 3.05) is 5.32 Å². The van der Waals surface area contributed by atoms with Gasteiger partial charge in [-0.15, -0.1) is 0 Å². The SMILES string of the molecule is CC(C)Nc1cc(C(C)(C)C)c(Cl)cn1. The van der Waals surface area contributed by atoms with E-state index in [9.17, 15) is 0 Å². The smallest absolute Gasteiger partial charge is 0.126 e. The predicted octanol–water partition coefficient (Wildman–Crippen LogP) is 3.85. The van der Waals surface area contributed by atoms with Crippen molar-refractivity contribution in [3.05, 3.63) is 22.8 Å². The molecule has 1 rings (SSSR count). The van der Waals surface area contributed by atoms with Crippen molar-refractivity contribution in [3.8, 4) is 0 Å². The molecule has 1 heterocycles. The highest BCUT2D eigenvalue weighted by molar-refractivity contribution is 6.31. The number of rotatable bonds is 2. The van der Waals surface area contributed by atoms with E-state index in [1.807, 2.05) is 6.07 Å². The summed E-state index contributed by atoms with van der Waals surface area (Å²) in [7, 11) is 0. The van der Waals surface area contributed by atoms with Crippen LogP contribution in [0.15, 0.2) is 12.3 Å². The monoisotopic (exact) mass is 226 g/mol. The number of aromatic nitrogens is 1. The van der Waals surface area contributed by atoms with Crippen molar-refractivity contribution in [2.24, 2.45) is 0 Å². The Kier molecular flexibility index (Phi) is 3.61. The van der Waals surface area contributed by atoms with Gasteiger partial charge in [-0.1, -0.05) is 32.4 Å². The first-order chi connectivity index (χ1) is 6.80. The van der Waals surface area contributed by atoms with Crippen molar-refractivity contribution < 1.29 is 0 Å². The number of halogens is 1. The Morgan fingerprint density at radius 2 is 1.93 bits per heavy atom. The highest BCUT2D eigenvalue weighted by Crippen LogP contribution is 2.30. The summed E-state index contributed by atoms with van der Waals surface area (Å²) in [4.78, 5) is 4.25. The largest absolute Gasteiger partial charge is 0.368 e. The van der Waals surface area contributed by atoms with Crippen LogP contribution in [-0.2, 0) is 5.41 Å². The minimum atomic E-state index is 0.0490. The summed E-state index contributed by atoms with van der Waals surface area (Å²) in [5.41, 5.74) is 1.18. The molecule has 0 saturated heterocycles. The zero-order chi connectivity index (χ0) is 11.6. The Balaban J connectivity index is 3.06. The van der Waals surface area contributed by atoms with Gasteiger partial charge in [0.25, 0.3) is 0 Å². The third kappa shape index (κ3) is 3.38. The number of nitrogens with zero attached hydrogens (tertiary/aromatic N) is 1. The molecule has 0 unspecified atom stereocenters. The Bertz CT molecular complexity index is 340. The maximum absolute atomic E-state index is 6.13. The topological polar surface area (TPSA) is 24.9 Å². The Morgan fingerprint density at radius 3 is 2.40 bits per heavy atom. The van der Waals surface area contributed by atoms with Crippen LogP contribution in [0.2, 0.25) is 5.02 Å². The van der Waals surface area contributed by atoms with Gasteiger partial charge in [-0.3, -0.25) is 0 Å². The molecule has 0 aromatic carbocycles. The molecular formula is C12H19ClN2. The number of nitrogens with one attached hydrogen (secondary N) is 1. The fourth-order valence-corrected chi connectivity index (χ4v) is 1.77. The van der Waals surface area contributed by atoms with E-state index in [2.05, 4.69) is 44.9 Å². The van der Waals surface area contributed by atoms with E-state index in [0.29, 0.717) is 6.04 Å². The second kappa shape index (κ2) is 4.40. The van der Waals surface area contributed by atoms with Crippen LogP contribution in [0.3, 0.4) is 0 Å². The molecule has 0 fully saturated rings. The zero-order valence-corrected chi connectivity index (χ0v) is 10.8. The Labute approximate surface area is 97.1 Å². The van der Waals surface area contributed by atoms with Crippen molar-refractivity contribution in [2.45, 2.75) is 46.1 Å². The van der Waals surface area contributed by atoms with Crippen molar-refractivity contribution >= 4 is 17.4 Å². The van der Waals surface area contributed by atoms with E-state index in [0.717, 1.165) is 16.4 Å². The number of hydrogen-bond acceptors (Lipinski definition) is 2. The van der Waals surface area contributed by atoms with Crippen LogP contribution in [0, 0.1) is 0 Å². The molecule has 0 radical (unpaired) electrons. The molecule has 2 nitrogen and oxygen atoms in total. The molecule has 0 bridgehead atoms. The molecule has 3 heteroatoms. The molecule has 0 aliphatic heterocycles. The summed E-state index contributed by atoms with van der Waals surface area (Å²) in [5.74, 6) is 0.888. The van der Waals surface area contributed by atoms with Crippen LogP contribution in [0.1, 0.15) is 40.2 Å². The molecular weight excluding hydrogens is 208 g/mol. The average Bonchev–Trinajstić information content (AvgIpc) is 2.05. The van der Waals surface area contributed by atoms with E-state index < -0.39 is 0 Å². The van der Waals surface area contributed by atoms with Gasteiger partial charge >= 0.3 is 0 Å². The van der Waals surface area contributed by atoms with Crippen LogP contribution in [-0.4, -0.2) is 11.0 Å². The van der Waals surface area contributed by atoms with Gasteiger partial charge in [-0.25, -0.2) is 4.98 Å². The molecule has 1 aromatic rings. The minimum absolute atomic E-state index is 0.0490. The molecule has 0 amide bonds. The third-order valence-electron chi connectivity index (χ3n) is 2.10. The van der Waals surface area contributed by atoms with E-state index in [1.54, 1.807) is 6.20 Å². The fraction of sp³-hybridized carbons (Fsp3) is 0.583. The molecule has 0 aliphatic carbocycles. The first kappa shape index (κ1) is 12.3. The quantitative estimate of drug-likeness (QED) is 0.829. The average molecular weight is 227 g/mol. The molecule has 1 aromatic heterocycles. The van der Waals surface area contributed by atoms with Crippen molar-refractivity contribution in [1.82, 2.24) is 4.98 Å². The molecule has 15 heavy (non-hydrogen) atoms. The van der Waals surface area contributed by atoms with E-state index in [-0.39, 0.29) is 5.41 Å². The van der Waals surface area contributed by atoms with Gasteiger partial charge in [-0.2, -0.15) is 0 Å². The van der Waals surface area contributed by atoms with E-state index >= 15 is 0 Å². The highest BCUT2D eigenvalue weighted by atomic mass is 35.5. The molecule has 0 aliphatic rings. The van der Waals surface area contributed by atoms with Crippen LogP contribution < -0.4 is 5.32 Å². The minimum Gasteiger partial charge on any atom is -0.368 e. The molecule has 84 valence electrons. The maximum atomic E-state index is 6.13. The lowest BCUT2D eigenvalue weighted by Gasteiger charge is -2.21. The number of anilines is 1. The summed E-state index contributed by atoms with van der Waals surface area (Å²) < 4.78 is 0. The molecule has 0 spiro atoms. The van der Waals surface area contributed by atoms with Gasteiger partial charge in [-0.05, 0) is 30.9 Å². The first-order valence-electron chi connectivity index (χ1n) is 5.23. The van der Waals surface area contributed by atoms with Crippen LogP contribution in [0.5, 0.6) is 0 Å². The number of hydrogen-bond donors (Lipinski definition) is 1. The highest BCUT2D eigenvalue weighted by Gasteiger charge is 2.18.